The van der Waals surface area contributed by atoms with E-state index in [1.165, 1.54) is 0 Å². The fraction of sp³-hybridized carbons (Fsp3) is 0.632. The van der Waals surface area contributed by atoms with Crippen LogP contribution in [0.5, 0.6) is 0 Å². The molecule has 2 heterocycles. The van der Waals surface area contributed by atoms with Crippen molar-refractivity contribution in [3.05, 3.63) is 29.3 Å². The first kappa shape index (κ1) is 19.3. The number of carbonyl (C=O) groups is 1. The number of nitrogens with one attached hydrogen (secondary N) is 1. The first-order chi connectivity index (χ1) is 12.4. The predicted octanol–water partition coefficient (Wildman–Crippen LogP) is 1.53. The number of hydrogen-bond acceptors (Lipinski definition) is 4. The number of aryl methyl sites for hydroxylation is 2. The average molecular weight is 380 g/mol. The van der Waals surface area contributed by atoms with Crippen LogP contribution in [0.1, 0.15) is 30.4 Å². The number of rotatable bonds is 3. The lowest BCUT2D eigenvalue weighted by atomic mass is 9.96. The van der Waals surface area contributed by atoms with Crippen LogP contribution >= 0.6 is 0 Å². The summed E-state index contributed by atoms with van der Waals surface area (Å²) >= 11 is 0. The maximum absolute atomic E-state index is 13.0. The summed E-state index contributed by atoms with van der Waals surface area (Å²) in [5, 5.41) is 3.31. The van der Waals surface area contributed by atoms with Gasteiger partial charge in [0.2, 0.25) is 15.9 Å². The van der Waals surface area contributed by atoms with Crippen molar-refractivity contribution < 1.29 is 13.2 Å². The molecule has 1 aromatic rings. The minimum atomic E-state index is -3.49. The Morgan fingerprint density at radius 1 is 1.08 bits per heavy atom. The number of amides is 1. The number of carbonyl (C=O) groups excluding carboxylic acids is 1. The van der Waals surface area contributed by atoms with Crippen LogP contribution in [0.15, 0.2) is 23.1 Å². The summed E-state index contributed by atoms with van der Waals surface area (Å²) < 4.78 is 27.5. The van der Waals surface area contributed by atoms with Gasteiger partial charge in [0.1, 0.15) is 0 Å². The highest BCUT2D eigenvalue weighted by Crippen LogP contribution is 2.27. The van der Waals surface area contributed by atoms with Crippen LogP contribution < -0.4 is 5.32 Å². The fourth-order valence-electron chi connectivity index (χ4n) is 3.90. The van der Waals surface area contributed by atoms with Crippen LogP contribution in [0.2, 0.25) is 0 Å². The first-order valence-electron chi connectivity index (χ1n) is 9.46. The number of hydrogen-bond donors (Lipinski definition) is 1. The minimum absolute atomic E-state index is 0.0568. The Labute approximate surface area is 156 Å². The monoisotopic (exact) mass is 379 g/mol. The van der Waals surface area contributed by atoms with E-state index < -0.39 is 10.0 Å². The van der Waals surface area contributed by atoms with Crippen LogP contribution in [0.4, 0.5) is 0 Å². The Hall–Kier alpha value is -1.44. The molecule has 2 fully saturated rings. The molecule has 0 unspecified atom stereocenters. The van der Waals surface area contributed by atoms with Crippen LogP contribution in [-0.2, 0) is 14.8 Å². The molecule has 0 atom stereocenters. The van der Waals surface area contributed by atoms with Crippen molar-refractivity contribution in [2.75, 3.05) is 39.3 Å². The van der Waals surface area contributed by atoms with Gasteiger partial charge in [-0.25, -0.2) is 8.42 Å². The second-order valence-electron chi connectivity index (χ2n) is 7.38. The van der Waals surface area contributed by atoms with E-state index in [1.807, 2.05) is 30.9 Å². The Balaban J connectivity index is 1.65. The molecule has 0 saturated carbocycles. The van der Waals surface area contributed by atoms with Gasteiger partial charge < -0.3 is 10.2 Å². The number of nitrogens with zero attached hydrogens (tertiary/aromatic N) is 2. The molecule has 7 heteroatoms. The topological polar surface area (TPSA) is 69.7 Å². The molecule has 6 nitrogen and oxygen atoms in total. The zero-order valence-corrected chi connectivity index (χ0v) is 16.5. The second kappa shape index (κ2) is 8.06. The average Bonchev–Trinajstić information content (AvgIpc) is 2.90. The van der Waals surface area contributed by atoms with Gasteiger partial charge in [0.25, 0.3) is 0 Å². The van der Waals surface area contributed by atoms with Gasteiger partial charge in [-0.1, -0.05) is 17.7 Å². The number of benzene rings is 1. The van der Waals surface area contributed by atoms with E-state index in [-0.39, 0.29) is 11.8 Å². The van der Waals surface area contributed by atoms with Crippen LogP contribution in [0, 0.1) is 19.8 Å². The first-order valence-corrected chi connectivity index (χ1v) is 10.9. The van der Waals surface area contributed by atoms with Crippen LogP contribution in [0.25, 0.3) is 0 Å². The third-order valence-corrected chi connectivity index (χ3v) is 7.46. The number of piperidine rings is 1. The molecule has 1 amide bonds. The van der Waals surface area contributed by atoms with Gasteiger partial charge in [-0.2, -0.15) is 4.31 Å². The summed E-state index contributed by atoms with van der Waals surface area (Å²) in [6.07, 6.45) is 2.19. The molecule has 2 saturated heterocycles. The van der Waals surface area contributed by atoms with Gasteiger partial charge in [0, 0.05) is 38.6 Å². The minimum Gasteiger partial charge on any atom is -0.341 e. The molecule has 3 rings (SSSR count). The molecule has 0 radical (unpaired) electrons. The molecule has 0 spiro atoms. The van der Waals surface area contributed by atoms with Crippen molar-refractivity contribution in [3.8, 4) is 0 Å². The van der Waals surface area contributed by atoms with E-state index in [0.29, 0.717) is 30.8 Å². The van der Waals surface area contributed by atoms with E-state index in [9.17, 15) is 13.2 Å². The standard InChI is InChI=1S/C19H29N3O3S/c1-15-4-5-18(16(2)14-15)26(24,25)22-11-6-17(7-12-22)19(23)21-10-3-8-20-9-13-21/h4-5,14,17,20H,3,6-13H2,1-2H3. The second-order valence-corrected chi connectivity index (χ2v) is 9.28. The molecule has 1 aromatic carbocycles. The van der Waals surface area contributed by atoms with Gasteiger partial charge in [-0.15, -0.1) is 0 Å². The highest BCUT2D eigenvalue weighted by Gasteiger charge is 2.34. The van der Waals surface area contributed by atoms with Crippen molar-refractivity contribution >= 4 is 15.9 Å². The summed E-state index contributed by atoms with van der Waals surface area (Å²) in [5.74, 6) is 0.135. The molecule has 1 N–H and O–H groups in total. The lowest BCUT2D eigenvalue weighted by molar-refractivity contribution is -0.136. The molecular formula is C19H29N3O3S. The molecule has 26 heavy (non-hydrogen) atoms. The number of sulfonamides is 1. The van der Waals surface area contributed by atoms with Gasteiger partial charge >= 0.3 is 0 Å². The Kier molecular flexibility index (Phi) is 5.99. The molecular weight excluding hydrogens is 350 g/mol. The molecule has 144 valence electrons. The van der Waals surface area contributed by atoms with E-state index in [4.69, 9.17) is 0 Å². The highest BCUT2D eigenvalue weighted by atomic mass is 32.2. The Morgan fingerprint density at radius 3 is 2.50 bits per heavy atom. The van der Waals surface area contributed by atoms with E-state index >= 15 is 0 Å². The quantitative estimate of drug-likeness (QED) is 0.865. The smallest absolute Gasteiger partial charge is 0.243 e. The van der Waals surface area contributed by atoms with Crippen molar-refractivity contribution in [2.45, 2.75) is 38.0 Å². The van der Waals surface area contributed by atoms with E-state index in [0.717, 1.165) is 43.7 Å². The zero-order chi connectivity index (χ0) is 18.7. The lowest BCUT2D eigenvalue weighted by Crippen LogP contribution is -2.45. The summed E-state index contributed by atoms with van der Waals surface area (Å²) in [5.41, 5.74) is 1.83. The lowest BCUT2D eigenvalue weighted by Gasteiger charge is -2.33. The maximum Gasteiger partial charge on any atom is 0.243 e. The maximum atomic E-state index is 13.0. The van der Waals surface area contributed by atoms with E-state index in [1.54, 1.807) is 10.4 Å². The van der Waals surface area contributed by atoms with Crippen LogP contribution in [-0.4, -0.2) is 62.8 Å². The SMILES string of the molecule is Cc1ccc(S(=O)(=O)N2CCC(C(=O)N3CCCNCC3)CC2)c(C)c1. The zero-order valence-electron chi connectivity index (χ0n) is 15.7. The Bertz CT molecular complexity index is 747. The van der Waals surface area contributed by atoms with Crippen LogP contribution in [0.3, 0.4) is 0 Å². The normalized spacial score (nSPS) is 20.8. The third-order valence-electron chi connectivity index (χ3n) is 5.40. The molecule has 2 aliphatic rings. The predicted molar refractivity (Wildman–Crippen MR) is 101 cm³/mol. The molecule has 0 aliphatic carbocycles. The summed E-state index contributed by atoms with van der Waals surface area (Å²) in [6.45, 7) is 7.97. The highest BCUT2D eigenvalue weighted by molar-refractivity contribution is 7.89. The summed E-state index contributed by atoms with van der Waals surface area (Å²) in [4.78, 5) is 15.1. The largest absolute Gasteiger partial charge is 0.341 e. The molecule has 0 bridgehead atoms. The fourth-order valence-corrected chi connectivity index (χ4v) is 5.57. The molecule has 0 aromatic heterocycles. The van der Waals surface area contributed by atoms with Gasteiger partial charge in [-0.05, 0) is 51.3 Å². The van der Waals surface area contributed by atoms with Crippen molar-refractivity contribution in [3.63, 3.8) is 0 Å². The van der Waals surface area contributed by atoms with Gasteiger partial charge in [0.05, 0.1) is 4.90 Å². The van der Waals surface area contributed by atoms with E-state index in [2.05, 4.69) is 5.32 Å². The molecule has 2 aliphatic heterocycles. The summed E-state index contributed by atoms with van der Waals surface area (Å²) in [7, 11) is -3.49. The van der Waals surface area contributed by atoms with Crippen molar-refractivity contribution in [2.24, 2.45) is 5.92 Å². The van der Waals surface area contributed by atoms with Crippen molar-refractivity contribution in [1.82, 2.24) is 14.5 Å². The summed E-state index contributed by atoms with van der Waals surface area (Å²) in [6, 6.07) is 5.43. The van der Waals surface area contributed by atoms with Gasteiger partial charge in [-0.3, -0.25) is 4.79 Å². The van der Waals surface area contributed by atoms with Gasteiger partial charge in [0.15, 0.2) is 0 Å². The third kappa shape index (κ3) is 4.10. The van der Waals surface area contributed by atoms with Crippen molar-refractivity contribution in [1.29, 1.82) is 0 Å². The Morgan fingerprint density at radius 2 is 1.81 bits per heavy atom.